The van der Waals surface area contributed by atoms with Crippen LogP contribution < -0.4 is 15.8 Å². The second-order valence-electron chi connectivity index (χ2n) is 10.4. The molecule has 5 rings (SSSR count). The largest absolute Gasteiger partial charge is 0.369 e. The Morgan fingerprint density at radius 1 is 1.22 bits per heavy atom. The van der Waals surface area contributed by atoms with E-state index in [1.54, 1.807) is 13.8 Å². The van der Waals surface area contributed by atoms with Gasteiger partial charge in [0.15, 0.2) is 5.82 Å². The fraction of sp³-hybridized carbons (Fsp3) is 0.636. The lowest BCUT2D eigenvalue weighted by Gasteiger charge is -2.58. The van der Waals surface area contributed by atoms with Crippen molar-refractivity contribution in [2.75, 3.05) is 0 Å². The van der Waals surface area contributed by atoms with E-state index in [4.69, 9.17) is 17.3 Å². The van der Waals surface area contributed by atoms with Crippen LogP contribution in [-0.4, -0.2) is 31.8 Å². The van der Waals surface area contributed by atoms with Crippen LogP contribution in [0.4, 0.5) is 4.39 Å². The molecule has 4 saturated carbocycles. The average Bonchev–Trinajstić information content (AvgIpc) is 2.64. The smallest absolute Gasteiger partial charge is 0.244 e. The monoisotopic (exact) mass is 485 g/mol. The molecule has 4 aliphatic rings. The van der Waals surface area contributed by atoms with Crippen LogP contribution in [-0.2, 0) is 19.6 Å². The molecule has 2 amide bonds. The summed E-state index contributed by atoms with van der Waals surface area (Å²) in [5.74, 6) is -0.653. The number of nitrogens with two attached hydrogens (primary N) is 1. The van der Waals surface area contributed by atoms with Gasteiger partial charge in [0, 0.05) is 23.4 Å². The Bertz CT molecular complexity index is 1050. The van der Waals surface area contributed by atoms with E-state index in [0.29, 0.717) is 18.8 Å². The minimum atomic E-state index is -4.22. The van der Waals surface area contributed by atoms with E-state index in [0.717, 1.165) is 25.3 Å². The van der Waals surface area contributed by atoms with Crippen LogP contribution in [0.5, 0.6) is 0 Å². The minimum Gasteiger partial charge on any atom is -0.369 e. The highest BCUT2D eigenvalue weighted by molar-refractivity contribution is 7.89. The highest BCUT2D eigenvalue weighted by Crippen LogP contribution is 2.59. The number of halogens is 2. The topological polar surface area (TPSA) is 118 Å². The summed E-state index contributed by atoms with van der Waals surface area (Å²) in [5, 5.41) is 2.81. The van der Waals surface area contributed by atoms with Gasteiger partial charge in [-0.1, -0.05) is 17.7 Å². The van der Waals surface area contributed by atoms with Gasteiger partial charge in [0.25, 0.3) is 0 Å². The average molecular weight is 486 g/mol. The first-order valence-corrected chi connectivity index (χ1v) is 12.8. The number of sulfonamides is 1. The third kappa shape index (κ3) is 4.26. The molecular weight excluding hydrogens is 457 g/mol. The van der Waals surface area contributed by atoms with Crippen molar-refractivity contribution in [3.05, 3.63) is 29.0 Å². The molecule has 0 aromatic heterocycles. The van der Waals surface area contributed by atoms with Crippen molar-refractivity contribution < 1.29 is 22.4 Å². The normalized spacial score (nSPS) is 31.5. The number of nitrogens with one attached hydrogen (secondary N) is 2. The number of primary amides is 1. The van der Waals surface area contributed by atoms with Gasteiger partial charge in [0.1, 0.15) is 4.90 Å². The standard InChI is InChI=1S/C22H29ClFN3O4S/c1-21(2,27-32(30,31)16-5-3-4-15(23)18(16)24)11-17(28)26-19-13-6-12-7-14(19)10-22(8-12,9-13)20(25)29/h3-5,12-14,19,27H,6-11H2,1-2H3,(H2,25,29)(H,26,28). The molecular formula is C22H29ClFN3O4S. The summed E-state index contributed by atoms with van der Waals surface area (Å²) in [6.45, 7) is 3.15. The summed E-state index contributed by atoms with van der Waals surface area (Å²) in [6, 6.07) is 3.71. The SMILES string of the molecule is CC(C)(CC(=O)NC1C2CC3CC1CC(C(N)=O)(C3)C2)NS(=O)(=O)c1cccc(Cl)c1F. The molecule has 0 aliphatic heterocycles. The zero-order chi connectivity index (χ0) is 23.5. The number of amides is 2. The van der Waals surface area contributed by atoms with Crippen molar-refractivity contribution in [1.82, 2.24) is 10.0 Å². The first kappa shape index (κ1) is 23.4. The predicted octanol–water partition coefficient (Wildman–Crippen LogP) is 2.72. The fourth-order valence-corrected chi connectivity index (χ4v) is 8.09. The molecule has 0 spiro atoms. The summed E-state index contributed by atoms with van der Waals surface area (Å²) in [5.41, 5.74) is 4.13. The number of benzene rings is 1. The fourth-order valence-electron chi connectivity index (χ4n) is 6.35. The molecule has 4 aliphatic carbocycles. The molecule has 1 aromatic rings. The van der Waals surface area contributed by atoms with E-state index in [2.05, 4.69) is 10.0 Å². The third-order valence-electron chi connectivity index (χ3n) is 7.34. The summed E-state index contributed by atoms with van der Waals surface area (Å²) in [4.78, 5) is 24.4. The zero-order valence-electron chi connectivity index (χ0n) is 18.2. The van der Waals surface area contributed by atoms with E-state index in [1.165, 1.54) is 12.1 Å². The predicted molar refractivity (Wildman–Crippen MR) is 118 cm³/mol. The lowest BCUT2D eigenvalue weighted by atomic mass is 9.47. The van der Waals surface area contributed by atoms with Crippen LogP contribution in [0.2, 0.25) is 5.02 Å². The van der Waals surface area contributed by atoms with Gasteiger partial charge < -0.3 is 11.1 Å². The van der Waals surface area contributed by atoms with Crippen molar-refractivity contribution in [2.45, 2.75) is 68.8 Å². The number of rotatable bonds is 7. The van der Waals surface area contributed by atoms with Gasteiger partial charge >= 0.3 is 0 Å². The van der Waals surface area contributed by atoms with Gasteiger partial charge in [-0.15, -0.1) is 0 Å². The molecule has 4 bridgehead atoms. The molecule has 2 unspecified atom stereocenters. The summed E-state index contributed by atoms with van der Waals surface area (Å²) in [6.07, 6.45) is 4.08. The second-order valence-corrected chi connectivity index (χ2v) is 12.5. The summed E-state index contributed by atoms with van der Waals surface area (Å²) in [7, 11) is -4.22. The Balaban J connectivity index is 1.42. The van der Waals surface area contributed by atoms with Crippen molar-refractivity contribution in [1.29, 1.82) is 0 Å². The molecule has 4 fully saturated rings. The Morgan fingerprint density at radius 3 is 2.44 bits per heavy atom. The summed E-state index contributed by atoms with van der Waals surface area (Å²) >= 11 is 5.71. The van der Waals surface area contributed by atoms with Gasteiger partial charge in [0.05, 0.1) is 5.02 Å². The minimum absolute atomic E-state index is 0.0377. The molecule has 0 radical (unpaired) electrons. The maximum absolute atomic E-state index is 14.2. The lowest BCUT2D eigenvalue weighted by Crippen LogP contribution is -2.62. The van der Waals surface area contributed by atoms with Crippen LogP contribution >= 0.6 is 11.6 Å². The Hall–Kier alpha value is -1.71. The molecule has 1 aromatic carbocycles. The van der Waals surface area contributed by atoms with Crippen LogP contribution in [0.1, 0.15) is 52.4 Å². The van der Waals surface area contributed by atoms with Crippen LogP contribution in [0.25, 0.3) is 0 Å². The molecule has 0 saturated heterocycles. The number of hydrogen-bond acceptors (Lipinski definition) is 4. The Morgan fingerprint density at radius 2 is 1.84 bits per heavy atom. The van der Waals surface area contributed by atoms with Gasteiger partial charge in [-0.05, 0) is 75.8 Å². The highest BCUT2D eigenvalue weighted by atomic mass is 35.5. The maximum atomic E-state index is 14.2. The van der Waals surface area contributed by atoms with Gasteiger partial charge in [-0.3, -0.25) is 9.59 Å². The molecule has 7 nitrogen and oxygen atoms in total. The summed E-state index contributed by atoms with van der Waals surface area (Å²) < 4.78 is 42.1. The first-order valence-electron chi connectivity index (χ1n) is 10.9. The quantitative estimate of drug-likeness (QED) is 0.550. The number of carbonyl (C=O) groups excluding carboxylic acids is 2. The van der Waals surface area contributed by atoms with E-state index >= 15 is 0 Å². The zero-order valence-corrected chi connectivity index (χ0v) is 19.7. The highest BCUT2D eigenvalue weighted by Gasteiger charge is 2.58. The van der Waals surface area contributed by atoms with Crippen LogP contribution in [0.15, 0.2) is 23.1 Å². The van der Waals surface area contributed by atoms with Crippen LogP contribution in [0.3, 0.4) is 0 Å². The van der Waals surface area contributed by atoms with E-state index < -0.39 is 31.7 Å². The van der Waals surface area contributed by atoms with E-state index in [9.17, 15) is 22.4 Å². The van der Waals surface area contributed by atoms with Crippen molar-refractivity contribution in [3.8, 4) is 0 Å². The Kier molecular flexibility index (Phi) is 5.83. The third-order valence-corrected chi connectivity index (χ3v) is 9.35. The van der Waals surface area contributed by atoms with Gasteiger partial charge in [-0.2, -0.15) is 0 Å². The first-order chi connectivity index (χ1) is 14.8. The van der Waals surface area contributed by atoms with E-state index in [-0.39, 0.29) is 41.1 Å². The van der Waals surface area contributed by atoms with E-state index in [1.807, 2.05) is 0 Å². The van der Waals surface area contributed by atoms with Crippen molar-refractivity contribution in [2.24, 2.45) is 28.9 Å². The number of carbonyl (C=O) groups is 2. The number of hydrogen-bond donors (Lipinski definition) is 3. The van der Waals surface area contributed by atoms with Gasteiger partial charge in [0.2, 0.25) is 21.8 Å². The molecule has 0 heterocycles. The van der Waals surface area contributed by atoms with Crippen molar-refractivity contribution >= 4 is 33.4 Å². The Labute approximate surface area is 192 Å². The molecule has 2 atom stereocenters. The maximum Gasteiger partial charge on any atom is 0.244 e. The molecule has 10 heteroatoms. The van der Waals surface area contributed by atoms with Gasteiger partial charge in [-0.25, -0.2) is 17.5 Å². The van der Waals surface area contributed by atoms with Crippen LogP contribution in [0, 0.1) is 29.0 Å². The molecule has 176 valence electrons. The molecule has 4 N–H and O–H groups in total. The lowest BCUT2D eigenvalue weighted by molar-refractivity contribution is -0.147. The molecule has 32 heavy (non-hydrogen) atoms. The van der Waals surface area contributed by atoms with Crippen molar-refractivity contribution in [3.63, 3.8) is 0 Å². The second kappa shape index (κ2) is 7.95.